The predicted molar refractivity (Wildman–Crippen MR) is 121 cm³/mol. The number of benzene rings is 2. The van der Waals surface area contributed by atoms with E-state index in [0.29, 0.717) is 18.8 Å². The molecule has 0 aliphatic carbocycles. The Morgan fingerprint density at radius 2 is 2.00 bits per heavy atom. The fraction of sp³-hybridized carbons (Fsp3) is 0.273. The molecule has 0 radical (unpaired) electrons. The van der Waals surface area contributed by atoms with E-state index in [1.54, 1.807) is 24.5 Å². The van der Waals surface area contributed by atoms with Crippen molar-refractivity contribution in [2.75, 3.05) is 18.4 Å². The van der Waals surface area contributed by atoms with E-state index in [4.69, 9.17) is 11.6 Å². The van der Waals surface area contributed by atoms with Crippen LogP contribution >= 0.6 is 11.6 Å². The predicted octanol–water partition coefficient (Wildman–Crippen LogP) is 4.40. The maximum atomic E-state index is 13.1. The van der Waals surface area contributed by atoms with E-state index in [0.717, 1.165) is 24.2 Å². The Morgan fingerprint density at radius 1 is 1.23 bits per heavy atom. The second-order valence-electron chi connectivity index (χ2n) is 7.72. The number of amides is 1. The highest BCUT2D eigenvalue weighted by Crippen LogP contribution is 2.29. The zero-order chi connectivity index (χ0) is 22.0. The number of imidazole rings is 1. The van der Waals surface area contributed by atoms with E-state index in [1.807, 2.05) is 19.1 Å². The maximum Gasteiger partial charge on any atom is 0.255 e. The standard InChI is InChI=1S/C22H23ClN4O3S/c1-15-3-2-12-27(14-15)31(29,30)20-13-17(6-9-19(20)23)22(28)26-18-7-4-16(5-8-18)21-24-10-11-25-21/h4-11,13,15H,2-3,12,14H2,1H3,(H,24,25)(H,26,28). The highest BCUT2D eigenvalue weighted by atomic mass is 35.5. The number of rotatable bonds is 5. The fourth-order valence-corrected chi connectivity index (χ4v) is 5.78. The van der Waals surface area contributed by atoms with Gasteiger partial charge in [0.25, 0.3) is 5.91 Å². The molecule has 9 heteroatoms. The Morgan fingerprint density at radius 3 is 2.68 bits per heavy atom. The summed E-state index contributed by atoms with van der Waals surface area (Å²) >= 11 is 6.22. The summed E-state index contributed by atoms with van der Waals surface area (Å²) in [5, 5.41) is 2.90. The monoisotopic (exact) mass is 458 g/mol. The van der Waals surface area contributed by atoms with Gasteiger partial charge in [-0.3, -0.25) is 4.79 Å². The van der Waals surface area contributed by atoms with E-state index in [1.165, 1.54) is 22.5 Å². The SMILES string of the molecule is CC1CCCN(S(=O)(=O)c2cc(C(=O)Nc3ccc(-c4ncc[nH]4)cc3)ccc2Cl)C1. The molecule has 7 nitrogen and oxygen atoms in total. The van der Waals surface area contributed by atoms with Crippen molar-refractivity contribution in [1.82, 2.24) is 14.3 Å². The number of halogens is 1. The van der Waals surface area contributed by atoms with Crippen molar-refractivity contribution in [3.63, 3.8) is 0 Å². The van der Waals surface area contributed by atoms with Crippen LogP contribution in [0.1, 0.15) is 30.1 Å². The lowest BCUT2D eigenvalue weighted by molar-refractivity contribution is 0.102. The van der Waals surface area contributed by atoms with Crippen LogP contribution in [0.2, 0.25) is 5.02 Å². The molecule has 2 aromatic carbocycles. The first-order chi connectivity index (χ1) is 14.8. The highest BCUT2D eigenvalue weighted by Gasteiger charge is 2.31. The maximum absolute atomic E-state index is 13.1. The zero-order valence-corrected chi connectivity index (χ0v) is 18.6. The second-order valence-corrected chi connectivity index (χ2v) is 10.0. The molecule has 0 saturated carbocycles. The van der Waals surface area contributed by atoms with Crippen LogP contribution in [-0.2, 0) is 10.0 Å². The number of hydrogen-bond acceptors (Lipinski definition) is 4. The van der Waals surface area contributed by atoms with E-state index in [-0.39, 0.29) is 21.4 Å². The Kier molecular flexibility index (Phi) is 6.13. The van der Waals surface area contributed by atoms with Gasteiger partial charge in [0, 0.05) is 42.3 Å². The lowest BCUT2D eigenvalue weighted by Gasteiger charge is -2.30. The number of piperidine rings is 1. The summed E-state index contributed by atoms with van der Waals surface area (Å²) in [7, 11) is -3.77. The first-order valence-electron chi connectivity index (χ1n) is 10.1. The molecule has 4 rings (SSSR count). The van der Waals surface area contributed by atoms with Crippen molar-refractivity contribution >= 4 is 33.2 Å². The van der Waals surface area contributed by atoms with Gasteiger partial charge in [-0.25, -0.2) is 13.4 Å². The molecular formula is C22H23ClN4O3S. The minimum absolute atomic E-state index is 0.0379. The van der Waals surface area contributed by atoms with Crippen LogP contribution in [0.15, 0.2) is 59.8 Å². The average Bonchev–Trinajstić information content (AvgIpc) is 3.29. The number of aromatic amines is 1. The van der Waals surface area contributed by atoms with Gasteiger partial charge in [0.2, 0.25) is 10.0 Å². The molecule has 1 aromatic heterocycles. The Bertz CT molecular complexity index is 1180. The van der Waals surface area contributed by atoms with Crippen LogP contribution in [0, 0.1) is 5.92 Å². The third kappa shape index (κ3) is 4.66. The molecule has 31 heavy (non-hydrogen) atoms. The Balaban J connectivity index is 1.54. The third-order valence-corrected chi connectivity index (χ3v) is 7.69. The molecule has 162 valence electrons. The van der Waals surface area contributed by atoms with Crippen LogP contribution in [-0.4, -0.2) is 41.7 Å². The summed E-state index contributed by atoms with van der Waals surface area (Å²) in [5.41, 5.74) is 1.70. The Hall–Kier alpha value is -2.68. The van der Waals surface area contributed by atoms with Crippen LogP contribution < -0.4 is 5.32 Å². The number of aromatic nitrogens is 2. The molecule has 1 aliphatic rings. The fourth-order valence-electron chi connectivity index (χ4n) is 3.68. The topological polar surface area (TPSA) is 95.2 Å². The Labute approximate surface area is 186 Å². The first-order valence-corrected chi connectivity index (χ1v) is 11.9. The average molecular weight is 459 g/mol. The van der Waals surface area contributed by atoms with Gasteiger partial charge >= 0.3 is 0 Å². The van der Waals surface area contributed by atoms with Crippen molar-refractivity contribution in [2.45, 2.75) is 24.7 Å². The number of H-pyrrole nitrogens is 1. The number of nitrogens with zero attached hydrogens (tertiary/aromatic N) is 2. The van der Waals surface area contributed by atoms with E-state index < -0.39 is 15.9 Å². The van der Waals surface area contributed by atoms with Crippen molar-refractivity contribution in [3.8, 4) is 11.4 Å². The van der Waals surface area contributed by atoms with Crippen LogP contribution in [0.25, 0.3) is 11.4 Å². The second kappa shape index (κ2) is 8.82. The summed E-state index contributed by atoms with van der Waals surface area (Å²) in [4.78, 5) is 19.9. The number of carbonyl (C=O) groups is 1. The highest BCUT2D eigenvalue weighted by molar-refractivity contribution is 7.89. The van der Waals surface area contributed by atoms with E-state index in [9.17, 15) is 13.2 Å². The lowest BCUT2D eigenvalue weighted by Crippen LogP contribution is -2.39. The minimum Gasteiger partial charge on any atom is -0.345 e. The minimum atomic E-state index is -3.77. The molecule has 1 aliphatic heterocycles. The number of carbonyl (C=O) groups excluding carboxylic acids is 1. The summed E-state index contributed by atoms with van der Waals surface area (Å²) in [6.45, 7) is 2.95. The number of anilines is 1. The van der Waals surface area contributed by atoms with Gasteiger partial charge in [-0.1, -0.05) is 18.5 Å². The molecular weight excluding hydrogens is 436 g/mol. The third-order valence-electron chi connectivity index (χ3n) is 5.35. The molecule has 1 atom stereocenters. The number of nitrogens with one attached hydrogen (secondary N) is 2. The molecule has 2 N–H and O–H groups in total. The number of hydrogen-bond donors (Lipinski definition) is 2. The molecule has 1 amide bonds. The number of sulfonamides is 1. The van der Waals surface area contributed by atoms with Gasteiger partial charge in [0.05, 0.1) is 5.02 Å². The summed E-state index contributed by atoms with van der Waals surface area (Å²) in [5.74, 6) is 0.612. The van der Waals surface area contributed by atoms with Gasteiger partial charge in [-0.2, -0.15) is 4.31 Å². The molecule has 1 fully saturated rings. The van der Waals surface area contributed by atoms with Crippen molar-refractivity contribution in [2.24, 2.45) is 5.92 Å². The van der Waals surface area contributed by atoms with Crippen LogP contribution in [0.3, 0.4) is 0 Å². The zero-order valence-electron chi connectivity index (χ0n) is 17.0. The van der Waals surface area contributed by atoms with E-state index in [2.05, 4.69) is 15.3 Å². The van der Waals surface area contributed by atoms with Gasteiger partial charge in [-0.15, -0.1) is 0 Å². The largest absolute Gasteiger partial charge is 0.345 e. The van der Waals surface area contributed by atoms with Gasteiger partial charge in [-0.05, 0) is 61.2 Å². The quantitative estimate of drug-likeness (QED) is 0.592. The van der Waals surface area contributed by atoms with Gasteiger partial charge in [0.15, 0.2) is 0 Å². The van der Waals surface area contributed by atoms with Crippen molar-refractivity contribution in [3.05, 3.63) is 65.4 Å². The molecule has 1 saturated heterocycles. The summed E-state index contributed by atoms with van der Waals surface area (Å²) < 4.78 is 27.7. The molecule has 1 unspecified atom stereocenters. The summed E-state index contributed by atoms with van der Waals surface area (Å²) in [6.07, 6.45) is 5.22. The molecule has 0 bridgehead atoms. The van der Waals surface area contributed by atoms with Crippen molar-refractivity contribution < 1.29 is 13.2 Å². The van der Waals surface area contributed by atoms with Crippen LogP contribution in [0.5, 0.6) is 0 Å². The normalized spacial score (nSPS) is 17.4. The molecule has 2 heterocycles. The van der Waals surface area contributed by atoms with Gasteiger partial charge < -0.3 is 10.3 Å². The first kappa shape index (κ1) is 21.5. The summed E-state index contributed by atoms with van der Waals surface area (Å²) in [6, 6.07) is 11.5. The molecule has 3 aromatic rings. The smallest absolute Gasteiger partial charge is 0.255 e. The van der Waals surface area contributed by atoms with Crippen LogP contribution in [0.4, 0.5) is 5.69 Å². The van der Waals surface area contributed by atoms with Crippen molar-refractivity contribution in [1.29, 1.82) is 0 Å². The van der Waals surface area contributed by atoms with Gasteiger partial charge in [0.1, 0.15) is 10.7 Å². The molecule has 0 spiro atoms. The van der Waals surface area contributed by atoms with E-state index >= 15 is 0 Å². The lowest BCUT2D eigenvalue weighted by atomic mass is 10.0.